The predicted octanol–water partition coefficient (Wildman–Crippen LogP) is 2.10. The lowest BCUT2D eigenvalue weighted by atomic mass is 10.3. The molecule has 13 heavy (non-hydrogen) atoms. The fourth-order valence-electron chi connectivity index (χ4n) is 0.985. The summed E-state index contributed by atoms with van der Waals surface area (Å²) in [4.78, 5) is 11.5. The standard InChI is InChI=1S/C9H6O3S/c10-9(11)7-5-13-8-4-2-1-3-6(8)12-7/h1-5H,(H,10,11). The molecule has 1 aromatic carbocycles. The van der Waals surface area contributed by atoms with Crippen molar-refractivity contribution in [2.24, 2.45) is 0 Å². The molecule has 0 radical (unpaired) electrons. The average Bonchev–Trinajstić information content (AvgIpc) is 2.17. The van der Waals surface area contributed by atoms with Crippen LogP contribution in [0.3, 0.4) is 0 Å². The third-order valence-corrected chi connectivity index (χ3v) is 2.50. The van der Waals surface area contributed by atoms with E-state index in [0.29, 0.717) is 5.75 Å². The van der Waals surface area contributed by atoms with Gasteiger partial charge in [0.15, 0.2) is 0 Å². The van der Waals surface area contributed by atoms with Crippen LogP contribution in [0.4, 0.5) is 0 Å². The number of carboxylic acid groups (broad SMARTS) is 1. The Kier molecular flexibility index (Phi) is 1.98. The lowest BCUT2D eigenvalue weighted by Gasteiger charge is -2.13. The monoisotopic (exact) mass is 194 g/mol. The zero-order valence-corrected chi connectivity index (χ0v) is 7.38. The second-order valence-corrected chi connectivity index (χ2v) is 3.37. The number of fused-ring (bicyclic) bond motifs is 1. The summed E-state index contributed by atoms with van der Waals surface area (Å²) in [6.07, 6.45) is 0. The summed E-state index contributed by atoms with van der Waals surface area (Å²) in [7, 11) is 0. The summed E-state index contributed by atoms with van der Waals surface area (Å²) in [6.45, 7) is 0. The Morgan fingerprint density at radius 1 is 1.38 bits per heavy atom. The zero-order chi connectivity index (χ0) is 9.26. The van der Waals surface area contributed by atoms with Gasteiger partial charge in [-0.2, -0.15) is 0 Å². The molecule has 1 aliphatic rings. The van der Waals surface area contributed by atoms with E-state index in [9.17, 15) is 4.79 Å². The molecule has 0 atom stereocenters. The number of benzene rings is 1. The van der Waals surface area contributed by atoms with Gasteiger partial charge in [0.05, 0.1) is 4.90 Å². The van der Waals surface area contributed by atoms with Gasteiger partial charge in [0.2, 0.25) is 5.76 Å². The van der Waals surface area contributed by atoms with E-state index in [1.807, 2.05) is 18.2 Å². The lowest BCUT2D eigenvalue weighted by Crippen LogP contribution is -2.09. The van der Waals surface area contributed by atoms with E-state index < -0.39 is 5.97 Å². The molecule has 66 valence electrons. The highest BCUT2D eigenvalue weighted by Crippen LogP contribution is 2.35. The first-order chi connectivity index (χ1) is 6.27. The van der Waals surface area contributed by atoms with Gasteiger partial charge in [-0.15, -0.1) is 0 Å². The van der Waals surface area contributed by atoms with Crippen LogP contribution in [-0.2, 0) is 4.79 Å². The molecule has 0 bridgehead atoms. The molecule has 0 saturated heterocycles. The molecule has 0 saturated carbocycles. The van der Waals surface area contributed by atoms with Gasteiger partial charge in [-0.3, -0.25) is 0 Å². The van der Waals surface area contributed by atoms with Gasteiger partial charge >= 0.3 is 5.97 Å². The molecule has 0 spiro atoms. The normalized spacial score (nSPS) is 14.0. The molecule has 0 amide bonds. The van der Waals surface area contributed by atoms with Crippen molar-refractivity contribution in [3.05, 3.63) is 35.4 Å². The highest BCUT2D eigenvalue weighted by Gasteiger charge is 2.17. The minimum atomic E-state index is -1.04. The number of thioether (sulfide) groups is 1. The second-order valence-electron chi connectivity index (χ2n) is 2.45. The number of hydrogen-bond acceptors (Lipinski definition) is 3. The van der Waals surface area contributed by atoms with E-state index in [1.165, 1.54) is 17.2 Å². The minimum Gasteiger partial charge on any atom is -0.475 e. The molecule has 1 aromatic rings. The summed E-state index contributed by atoms with van der Waals surface area (Å²) in [6, 6.07) is 7.33. The Bertz CT molecular complexity index is 384. The van der Waals surface area contributed by atoms with Crippen LogP contribution >= 0.6 is 11.8 Å². The van der Waals surface area contributed by atoms with Crippen molar-refractivity contribution in [1.82, 2.24) is 0 Å². The summed E-state index contributed by atoms with van der Waals surface area (Å²) < 4.78 is 5.13. The van der Waals surface area contributed by atoms with Crippen molar-refractivity contribution >= 4 is 17.7 Å². The van der Waals surface area contributed by atoms with Gasteiger partial charge < -0.3 is 9.84 Å². The Morgan fingerprint density at radius 3 is 2.92 bits per heavy atom. The average molecular weight is 194 g/mol. The zero-order valence-electron chi connectivity index (χ0n) is 6.56. The van der Waals surface area contributed by atoms with E-state index in [0.717, 1.165) is 4.90 Å². The van der Waals surface area contributed by atoms with E-state index in [4.69, 9.17) is 9.84 Å². The van der Waals surface area contributed by atoms with Crippen molar-refractivity contribution < 1.29 is 14.6 Å². The van der Waals surface area contributed by atoms with Gasteiger partial charge in [-0.25, -0.2) is 4.79 Å². The highest BCUT2D eigenvalue weighted by molar-refractivity contribution is 8.02. The number of rotatable bonds is 1. The fraction of sp³-hybridized carbons (Fsp3) is 0. The van der Waals surface area contributed by atoms with E-state index >= 15 is 0 Å². The number of para-hydroxylation sites is 1. The molecule has 0 unspecified atom stereocenters. The van der Waals surface area contributed by atoms with Crippen LogP contribution < -0.4 is 4.74 Å². The molecule has 3 nitrogen and oxygen atoms in total. The van der Waals surface area contributed by atoms with Gasteiger partial charge in [-0.1, -0.05) is 23.9 Å². The molecule has 0 aliphatic carbocycles. The van der Waals surface area contributed by atoms with Crippen LogP contribution in [0, 0.1) is 0 Å². The minimum absolute atomic E-state index is 0.0244. The predicted molar refractivity (Wildman–Crippen MR) is 48.6 cm³/mol. The molecule has 1 N–H and O–H groups in total. The van der Waals surface area contributed by atoms with Gasteiger partial charge in [0, 0.05) is 5.41 Å². The molecule has 2 rings (SSSR count). The molecule has 0 aromatic heterocycles. The number of carbonyl (C=O) groups is 1. The van der Waals surface area contributed by atoms with Gasteiger partial charge in [0.1, 0.15) is 5.75 Å². The topological polar surface area (TPSA) is 46.5 Å². The number of ether oxygens (including phenoxy) is 1. The molecular weight excluding hydrogens is 188 g/mol. The largest absolute Gasteiger partial charge is 0.475 e. The fourth-order valence-corrected chi connectivity index (χ4v) is 1.75. The van der Waals surface area contributed by atoms with Crippen LogP contribution in [0.15, 0.2) is 40.3 Å². The third-order valence-electron chi connectivity index (χ3n) is 1.57. The Balaban J connectivity index is 2.33. The number of carboxylic acids is 1. The maximum Gasteiger partial charge on any atom is 0.372 e. The smallest absolute Gasteiger partial charge is 0.372 e. The van der Waals surface area contributed by atoms with Crippen molar-refractivity contribution in [2.45, 2.75) is 4.90 Å². The van der Waals surface area contributed by atoms with E-state index in [2.05, 4.69) is 0 Å². The third kappa shape index (κ3) is 1.53. The second kappa shape index (κ2) is 3.14. The van der Waals surface area contributed by atoms with Gasteiger partial charge in [0.25, 0.3) is 0 Å². The number of hydrogen-bond donors (Lipinski definition) is 1. The Morgan fingerprint density at radius 2 is 2.15 bits per heavy atom. The quantitative estimate of drug-likeness (QED) is 0.743. The number of aliphatic carboxylic acids is 1. The molecule has 1 aliphatic heterocycles. The molecular formula is C9H6O3S. The first kappa shape index (κ1) is 8.19. The van der Waals surface area contributed by atoms with E-state index in [1.54, 1.807) is 6.07 Å². The van der Waals surface area contributed by atoms with Crippen LogP contribution in [0.1, 0.15) is 0 Å². The Hall–Kier alpha value is -1.42. The van der Waals surface area contributed by atoms with Crippen molar-refractivity contribution in [1.29, 1.82) is 0 Å². The molecule has 0 fully saturated rings. The van der Waals surface area contributed by atoms with Crippen molar-refractivity contribution in [2.75, 3.05) is 0 Å². The van der Waals surface area contributed by atoms with Crippen LogP contribution in [0.25, 0.3) is 0 Å². The summed E-state index contributed by atoms with van der Waals surface area (Å²) in [5.74, 6) is -0.460. The lowest BCUT2D eigenvalue weighted by molar-refractivity contribution is -0.135. The summed E-state index contributed by atoms with van der Waals surface area (Å²) in [5.41, 5.74) is 0. The van der Waals surface area contributed by atoms with Crippen LogP contribution in [0.5, 0.6) is 5.75 Å². The van der Waals surface area contributed by atoms with Crippen molar-refractivity contribution in [3.8, 4) is 5.75 Å². The van der Waals surface area contributed by atoms with E-state index in [-0.39, 0.29) is 5.76 Å². The summed E-state index contributed by atoms with van der Waals surface area (Å²) >= 11 is 1.36. The maximum absolute atomic E-state index is 10.6. The molecule has 1 heterocycles. The SMILES string of the molecule is O=C(O)C1=CSc2ccccc2O1. The van der Waals surface area contributed by atoms with Gasteiger partial charge in [-0.05, 0) is 12.1 Å². The molecule has 4 heteroatoms. The first-order valence-corrected chi connectivity index (χ1v) is 4.52. The van der Waals surface area contributed by atoms with Crippen molar-refractivity contribution in [3.63, 3.8) is 0 Å². The highest BCUT2D eigenvalue weighted by atomic mass is 32.2. The Labute approximate surface area is 79.0 Å². The first-order valence-electron chi connectivity index (χ1n) is 3.64. The van der Waals surface area contributed by atoms with Crippen LogP contribution in [0.2, 0.25) is 0 Å². The summed E-state index contributed by atoms with van der Waals surface area (Å²) in [5, 5.41) is 10.1. The maximum atomic E-state index is 10.6. The van der Waals surface area contributed by atoms with Crippen LogP contribution in [-0.4, -0.2) is 11.1 Å².